The normalized spacial score (nSPS) is 30.0. The number of hydrogen-bond donors (Lipinski definition) is 3. The summed E-state index contributed by atoms with van der Waals surface area (Å²) in [6.07, 6.45) is -1.73. The number of anilines is 2. The van der Waals surface area contributed by atoms with Crippen LogP contribution in [0.15, 0.2) is 24.3 Å². The van der Waals surface area contributed by atoms with Gasteiger partial charge in [0.25, 0.3) is 0 Å². The van der Waals surface area contributed by atoms with Gasteiger partial charge in [-0.3, -0.25) is 0 Å². The van der Waals surface area contributed by atoms with Crippen LogP contribution in [0.25, 0.3) is 0 Å². The van der Waals surface area contributed by atoms with Crippen molar-refractivity contribution in [3.8, 4) is 0 Å². The molecular formula is C14H21N3O4. The molecule has 0 amide bonds. The van der Waals surface area contributed by atoms with Crippen LogP contribution in [0, 0.1) is 0 Å². The maximum absolute atomic E-state index is 9.93. The molecule has 21 heavy (non-hydrogen) atoms. The number of benzene rings is 1. The highest BCUT2D eigenvalue weighted by Crippen LogP contribution is 2.27. The summed E-state index contributed by atoms with van der Waals surface area (Å²) in [5.41, 5.74) is 7.36. The number of rotatable bonds is 3. The summed E-state index contributed by atoms with van der Waals surface area (Å²) in [7, 11) is 0. The monoisotopic (exact) mass is 295 g/mol. The third-order valence-electron chi connectivity index (χ3n) is 3.86. The first-order valence-corrected chi connectivity index (χ1v) is 7.12. The van der Waals surface area contributed by atoms with E-state index < -0.39 is 12.6 Å². The van der Waals surface area contributed by atoms with E-state index in [4.69, 9.17) is 15.2 Å². The Hall–Kier alpha value is -1.38. The predicted octanol–water partition coefficient (Wildman–Crippen LogP) is -0.719. The molecule has 0 saturated carbocycles. The van der Waals surface area contributed by atoms with E-state index >= 15 is 0 Å². The van der Waals surface area contributed by atoms with E-state index in [1.165, 1.54) is 0 Å². The quantitative estimate of drug-likeness (QED) is 0.678. The van der Waals surface area contributed by atoms with Gasteiger partial charge >= 0.3 is 0 Å². The molecule has 0 radical (unpaired) electrons. The first kappa shape index (κ1) is 14.6. The first-order chi connectivity index (χ1) is 10.2. The van der Waals surface area contributed by atoms with Crippen molar-refractivity contribution in [1.82, 2.24) is 0 Å². The van der Waals surface area contributed by atoms with Crippen LogP contribution in [-0.4, -0.2) is 61.8 Å². The van der Waals surface area contributed by atoms with Crippen molar-refractivity contribution in [1.29, 1.82) is 0 Å². The third kappa shape index (κ3) is 2.97. The van der Waals surface area contributed by atoms with Crippen molar-refractivity contribution >= 4 is 11.4 Å². The minimum Gasteiger partial charge on any atom is -0.375 e. The Morgan fingerprint density at radius 2 is 1.81 bits per heavy atom. The van der Waals surface area contributed by atoms with E-state index in [2.05, 4.69) is 0 Å². The maximum Gasteiger partial charge on any atom is 0.238 e. The van der Waals surface area contributed by atoms with Crippen molar-refractivity contribution in [2.45, 2.75) is 18.7 Å². The van der Waals surface area contributed by atoms with Crippen molar-refractivity contribution in [2.24, 2.45) is 5.73 Å². The first-order valence-electron chi connectivity index (χ1n) is 7.12. The second-order valence-corrected chi connectivity index (χ2v) is 5.24. The van der Waals surface area contributed by atoms with Gasteiger partial charge < -0.3 is 35.2 Å². The molecule has 2 saturated heterocycles. The van der Waals surface area contributed by atoms with Crippen molar-refractivity contribution in [3.05, 3.63) is 24.3 Å². The van der Waals surface area contributed by atoms with Gasteiger partial charge in [-0.1, -0.05) is 0 Å². The van der Waals surface area contributed by atoms with Gasteiger partial charge in [0.2, 0.25) is 6.41 Å². The molecule has 3 atom stereocenters. The largest absolute Gasteiger partial charge is 0.375 e. The van der Waals surface area contributed by atoms with E-state index in [0.717, 1.165) is 11.4 Å². The smallest absolute Gasteiger partial charge is 0.238 e. The van der Waals surface area contributed by atoms with Crippen LogP contribution < -0.4 is 15.5 Å². The van der Waals surface area contributed by atoms with Crippen LogP contribution in [0.3, 0.4) is 0 Å². The summed E-state index contributed by atoms with van der Waals surface area (Å²) < 4.78 is 10.5. The topological polar surface area (TPSA) is 91.4 Å². The second-order valence-electron chi connectivity index (χ2n) is 5.24. The Bertz CT molecular complexity index is 470. The number of ether oxygens (including phenoxy) is 2. The van der Waals surface area contributed by atoms with E-state index in [0.29, 0.717) is 32.8 Å². The zero-order valence-electron chi connectivity index (χ0n) is 11.8. The van der Waals surface area contributed by atoms with Gasteiger partial charge in [0.15, 0.2) is 6.23 Å². The highest BCUT2D eigenvalue weighted by atomic mass is 16.6. The van der Waals surface area contributed by atoms with Crippen LogP contribution in [0.2, 0.25) is 0 Å². The van der Waals surface area contributed by atoms with Gasteiger partial charge in [-0.25, -0.2) is 0 Å². The van der Waals surface area contributed by atoms with Crippen molar-refractivity contribution < 1.29 is 19.7 Å². The molecule has 2 unspecified atom stereocenters. The molecule has 0 bridgehead atoms. The van der Waals surface area contributed by atoms with Crippen LogP contribution >= 0.6 is 0 Å². The molecule has 3 rings (SSSR count). The maximum atomic E-state index is 9.93. The minimum absolute atomic E-state index is 0.152. The summed E-state index contributed by atoms with van der Waals surface area (Å²) in [5, 5.41) is 19.8. The van der Waals surface area contributed by atoms with E-state index in [9.17, 15) is 10.2 Å². The lowest BCUT2D eigenvalue weighted by Gasteiger charge is -2.34. The van der Waals surface area contributed by atoms with E-state index in [-0.39, 0.29) is 6.10 Å². The van der Waals surface area contributed by atoms with Gasteiger partial charge in [0.1, 0.15) is 0 Å². The van der Waals surface area contributed by atoms with Crippen LogP contribution in [0.1, 0.15) is 0 Å². The average molecular weight is 295 g/mol. The highest BCUT2D eigenvalue weighted by Gasteiger charge is 2.30. The van der Waals surface area contributed by atoms with Crippen molar-refractivity contribution in [3.63, 3.8) is 0 Å². The summed E-state index contributed by atoms with van der Waals surface area (Å²) >= 11 is 0. The van der Waals surface area contributed by atoms with Crippen LogP contribution in [-0.2, 0) is 9.47 Å². The van der Waals surface area contributed by atoms with Gasteiger partial charge in [0.05, 0.1) is 25.9 Å². The van der Waals surface area contributed by atoms with Crippen LogP contribution in [0.4, 0.5) is 11.4 Å². The van der Waals surface area contributed by atoms with E-state index in [1.807, 2.05) is 29.2 Å². The molecule has 0 spiro atoms. The predicted molar refractivity (Wildman–Crippen MR) is 77.9 cm³/mol. The second kappa shape index (κ2) is 6.17. The lowest BCUT2D eigenvalue weighted by atomic mass is 10.2. The molecule has 1 aromatic carbocycles. The number of nitrogens with two attached hydrogens (primary N) is 1. The standard InChI is InChI=1S/C14H21N3O4/c15-7-12-8-17(14(19)21-12)11-3-1-10(2-4-11)16-5-6-20-9-13(16)18/h1-4,12-14,18-19H,5-9,15H2/t12-,13?,14?/m0/s1. The van der Waals surface area contributed by atoms with Gasteiger partial charge in [0, 0.05) is 24.5 Å². The fourth-order valence-electron chi connectivity index (χ4n) is 2.69. The molecule has 2 fully saturated rings. The molecule has 116 valence electrons. The van der Waals surface area contributed by atoms with Gasteiger partial charge in [-0.05, 0) is 24.3 Å². The Morgan fingerprint density at radius 3 is 2.38 bits per heavy atom. The number of hydrogen-bond acceptors (Lipinski definition) is 7. The fraction of sp³-hybridized carbons (Fsp3) is 0.571. The average Bonchev–Trinajstić information content (AvgIpc) is 2.89. The Labute approximate surface area is 123 Å². The molecule has 1 aromatic rings. The fourth-order valence-corrected chi connectivity index (χ4v) is 2.69. The lowest BCUT2D eigenvalue weighted by molar-refractivity contribution is -0.0855. The number of aliphatic hydroxyl groups is 2. The molecule has 7 nitrogen and oxygen atoms in total. The third-order valence-corrected chi connectivity index (χ3v) is 3.86. The molecule has 2 heterocycles. The highest BCUT2D eigenvalue weighted by molar-refractivity contribution is 5.57. The molecular weight excluding hydrogens is 274 g/mol. The zero-order chi connectivity index (χ0) is 14.8. The lowest BCUT2D eigenvalue weighted by Crippen LogP contribution is -2.45. The molecule has 2 aliphatic rings. The number of aliphatic hydroxyl groups excluding tert-OH is 2. The van der Waals surface area contributed by atoms with Gasteiger partial charge in [-0.15, -0.1) is 0 Å². The molecule has 4 N–H and O–H groups in total. The summed E-state index contributed by atoms with van der Waals surface area (Å²) in [5.74, 6) is 0. The van der Waals surface area contributed by atoms with Gasteiger partial charge in [-0.2, -0.15) is 0 Å². The number of nitrogens with zero attached hydrogens (tertiary/aromatic N) is 2. The van der Waals surface area contributed by atoms with E-state index in [1.54, 1.807) is 4.90 Å². The minimum atomic E-state index is -0.960. The molecule has 0 aliphatic carbocycles. The Kier molecular flexibility index (Phi) is 4.27. The van der Waals surface area contributed by atoms with Crippen LogP contribution in [0.5, 0.6) is 0 Å². The SMILES string of the molecule is NC[C@H]1CN(c2ccc(N3CCOCC3O)cc2)C(O)O1. The summed E-state index contributed by atoms with van der Waals surface area (Å²) in [4.78, 5) is 3.66. The Morgan fingerprint density at radius 1 is 1.14 bits per heavy atom. The van der Waals surface area contributed by atoms with Crippen molar-refractivity contribution in [2.75, 3.05) is 42.6 Å². The Balaban J connectivity index is 1.72. The molecule has 0 aromatic heterocycles. The number of morpholine rings is 1. The molecule has 2 aliphatic heterocycles. The summed E-state index contributed by atoms with van der Waals surface area (Å²) in [6.45, 7) is 2.53. The zero-order valence-corrected chi connectivity index (χ0v) is 11.8. The summed E-state index contributed by atoms with van der Waals surface area (Å²) in [6, 6.07) is 7.66. The molecule has 7 heteroatoms.